The van der Waals surface area contributed by atoms with E-state index in [9.17, 15) is 0 Å². The first-order valence-corrected chi connectivity index (χ1v) is 3.28. The van der Waals surface area contributed by atoms with Crippen molar-refractivity contribution in [3.05, 3.63) is 35.4 Å². The number of aryl methyl sites for hydroxylation is 1. The minimum absolute atomic E-state index is 0.671. The molecule has 1 aromatic rings. The van der Waals surface area contributed by atoms with Crippen molar-refractivity contribution < 1.29 is 0 Å². The zero-order valence-electron chi connectivity index (χ0n) is 5.89. The number of nitrogens with zero attached hydrogens (tertiary/aromatic N) is 1. The second-order valence-corrected chi connectivity index (χ2v) is 2.04. The molecule has 0 aliphatic rings. The molecule has 0 fully saturated rings. The summed E-state index contributed by atoms with van der Waals surface area (Å²) >= 11 is 0. The molecule has 49 valence electrons. The molecular weight excluding hydrogens is 122 g/mol. The van der Waals surface area contributed by atoms with Gasteiger partial charge in [0.15, 0.2) is 0 Å². The van der Waals surface area contributed by atoms with Crippen LogP contribution in [-0.2, 0) is 6.42 Å². The van der Waals surface area contributed by atoms with E-state index in [1.54, 1.807) is 6.07 Å². The van der Waals surface area contributed by atoms with Gasteiger partial charge >= 0.3 is 0 Å². The Morgan fingerprint density at radius 3 is 3.00 bits per heavy atom. The van der Waals surface area contributed by atoms with Gasteiger partial charge < -0.3 is 0 Å². The van der Waals surface area contributed by atoms with E-state index in [4.69, 9.17) is 5.26 Å². The first-order valence-electron chi connectivity index (χ1n) is 3.28. The molecule has 0 amide bonds. The van der Waals surface area contributed by atoms with Gasteiger partial charge in [-0.15, -0.1) is 0 Å². The topological polar surface area (TPSA) is 23.8 Å². The molecule has 0 spiro atoms. The van der Waals surface area contributed by atoms with Gasteiger partial charge in [0.05, 0.1) is 5.56 Å². The van der Waals surface area contributed by atoms with Gasteiger partial charge in [0.2, 0.25) is 0 Å². The van der Waals surface area contributed by atoms with Gasteiger partial charge in [0.25, 0.3) is 0 Å². The Labute approximate surface area is 60.9 Å². The van der Waals surface area contributed by atoms with Crippen molar-refractivity contribution in [2.45, 2.75) is 13.3 Å². The Morgan fingerprint density at radius 1 is 1.70 bits per heavy atom. The summed E-state index contributed by atoms with van der Waals surface area (Å²) in [6, 6.07) is 10.6. The number of rotatable bonds is 1. The molecule has 0 aliphatic carbocycles. The molecule has 1 rings (SSSR count). The molecule has 0 saturated carbocycles. The molecular formula is C9H8N. The van der Waals surface area contributed by atoms with Crippen molar-refractivity contribution in [1.82, 2.24) is 0 Å². The molecule has 1 nitrogen and oxygen atoms in total. The highest BCUT2D eigenvalue weighted by atomic mass is 14.2. The molecule has 0 atom stereocenters. The molecule has 0 saturated heterocycles. The predicted molar refractivity (Wildman–Crippen MR) is 39.4 cm³/mol. The van der Waals surface area contributed by atoms with Crippen LogP contribution in [0.25, 0.3) is 0 Å². The molecule has 0 aliphatic heterocycles. The van der Waals surface area contributed by atoms with Crippen LogP contribution in [0.5, 0.6) is 0 Å². The lowest BCUT2D eigenvalue weighted by Gasteiger charge is -1.95. The smallest absolute Gasteiger partial charge is 0.100 e. The zero-order valence-corrected chi connectivity index (χ0v) is 5.89. The summed E-state index contributed by atoms with van der Waals surface area (Å²) in [5, 5.41) is 8.57. The molecule has 0 unspecified atom stereocenters. The summed E-state index contributed by atoms with van der Waals surface area (Å²) < 4.78 is 0. The van der Waals surface area contributed by atoms with E-state index in [1.165, 1.54) is 0 Å². The van der Waals surface area contributed by atoms with Crippen molar-refractivity contribution >= 4 is 0 Å². The summed E-state index contributed by atoms with van der Waals surface area (Å²) in [6.45, 7) is 2.03. The largest absolute Gasteiger partial charge is 0.192 e. The molecule has 0 N–H and O–H groups in total. The molecule has 0 heterocycles. The van der Waals surface area contributed by atoms with Gasteiger partial charge in [0, 0.05) is 6.07 Å². The minimum Gasteiger partial charge on any atom is -0.192 e. The van der Waals surface area contributed by atoms with Gasteiger partial charge in [-0.25, -0.2) is 0 Å². The van der Waals surface area contributed by atoms with E-state index < -0.39 is 0 Å². The number of hydrogen-bond donors (Lipinski definition) is 0. The van der Waals surface area contributed by atoms with Gasteiger partial charge in [-0.2, -0.15) is 5.26 Å². The first kappa shape index (κ1) is 6.82. The lowest BCUT2D eigenvalue weighted by atomic mass is 10.1. The maximum atomic E-state index is 8.57. The Bertz CT molecular complexity index is 258. The summed E-state index contributed by atoms with van der Waals surface area (Å²) in [6.07, 6.45) is 0.903. The fourth-order valence-corrected chi connectivity index (χ4v) is 0.870. The quantitative estimate of drug-likeness (QED) is 0.569. The Kier molecular flexibility index (Phi) is 2.07. The maximum Gasteiger partial charge on any atom is 0.100 e. The third-order valence-corrected chi connectivity index (χ3v) is 1.44. The number of nitriles is 1. The number of hydrogen-bond acceptors (Lipinski definition) is 1. The fourth-order valence-electron chi connectivity index (χ4n) is 0.870. The van der Waals surface area contributed by atoms with Gasteiger partial charge in [-0.3, -0.25) is 0 Å². The van der Waals surface area contributed by atoms with Crippen LogP contribution in [0, 0.1) is 17.4 Å². The lowest BCUT2D eigenvalue weighted by Crippen LogP contribution is -1.84. The van der Waals surface area contributed by atoms with Crippen LogP contribution in [0.4, 0.5) is 0 Å². The Balaban J connectivity index is 3.12. The highest BCUT2D eigenvalue weighted by molar-refractivity contribution is 5.35. The van der Waals surface area contributed by atoms with Crippen LogP contribution in [0.2, 0.25) is 0 Å². The zero-order chi connectivity index (χ0) is 7.40. The molecule has 0 aromatic heterocycles. The predicted octanol–water partition coefficient (Wildman–Crippen LogP) is 1.92. The van der Waals surface area contributed by atoms with E-state index in [0.717, 1.165) is 12.0 Å². The van der Waals surface area contributed by atoms with E-state index in [1.807, 2.05) is 19.1 Å². The summed E-state index contributed by atoms with van der Waals surface area (Å²) in [4.78, 5) is 0. The average molecular weight is 130 g/mol. The Morgan fingerprint density at radius 2 is 2.50 bits per heavy atom. The van der Waals surface area contributed by atoms with E-state index >= 15 is 0 Å². The van der Waals surface area contributed by atoms with Crippen molar-refractivity contribution in [3.63, 3.8) is 0 Å². The molecule has 1 aromatic carbocycles. The highest BCUT2D eigenvalue weighted by Crippen LogP contribution is 2.05. The van der Waals surface area contributed by atoms with Crippen molar-refractivity contribution in [3.8, 4) is 6.07 Å². The van der Waals surface area contributed by atoms with E-state index in [0.29, 0.717) is 5.56 Å². The van der Waals surface area contributed by atoms with E-state index in [-0.39, 0.29) is 0 Å². The van der Waals surface area contributed by atoms with Crippen LogP contribution in [-0.4, -0.2) is 0 Å². The second-order valence-electron chi connectivity index (χ2n) is 2.04. The SMILES string of the molecule is CCc1ccc[c]c1C#N. The second kappa shape index (κ2) is 3.03. The van der Waals surface area contributed by atoms with Gasteiger partial charge in [-0.1, -0.05) is 25.1 Å². The van der Waals surface area contributed by atoms with E-state index in [2.05, 4.69) is 12.1 Å². The normalized spacial score (nSPS) is 8.80. The third kappa shape index (κ3) is 1.16. The maximum absolute atomic E-state index is 8.57. The molecule has 1 heteroatoms. The molecule has 0 bridgehead atoms. The van der Waals surface area contributed by atoms with Crippen LogP contribution in [0.3, 0.4) is 0 Å². The van der Waals surface area contributed by atoms with Crippen LogP contribution in [0.1, 0.15) is 18.1 Å². The fraction of sp³-hybridized carbons (Fsp3) is 0.222. The Hall–Kier alpha value is -1.29. The lowest BCUT2D eigenvalue weighted by molar-refractivity contribution is 1.13. The number of benzene rings is 1. The van der Waals surface area contributed by atoms with Crippen molar-refractivity contribution in [2.24, 2.45) is 0 Å². The molecule has 10 heavy (non-hydrogen) atoms. The summed E-state index contributed by atoms with van der Waals surface area (Å²) in [7, 11) is 0. The van der Waals surface area contributed by atoms with Crippen LogP contribution in [0.15, 0.2) is 18.2 Å². The van der Waals surface area contributed by atoms with Gasteiger partial charge in [-0.05, 0) is 12.0 Å². The monoisotopic (exact) mass is 130 g/mol. The van der Waals surface area contributed by atoms with Gasteiger partial charge in [0.1, 0.15) is 6.07 Å². The van der Waals surface area contributed by atoms with Crippen LogP contribution >= 0.6 is 0 Å². The standard InChI is InChI=1S/C9H8N/c1-2-8-5-3-4-6-9(8)7-10/h3-5H,2H2,1H3. The van der Waals surface area contributed by atoms with Crippen LogP contribution < -0.4 is 0 Å². The first-order chi connectivity index (χ1) is 4.88. The summed E-state index contributed by atoms with van der Waals surface area (Å²) in [5.41, 5.74) is 1.75. The van der Waals surface area contributed by atoms with Crippen molar-refractivity contribution in [1.29, 1.82) is 5.26 Å². The minimum atomic E-state index is 0.671. The average Bonchev–Trinajstić information content (AvgIpc) is 2.04. The molecule has 1 radical (unpaired) electrons. The third-order valence-electron chi connectivity index (χ3n) is 1.44. The summed E-state index contributed by atoms with van der Waals surface area (Å²) in [5.74, 6) is 0. The van der Waals surface area contributed by atoms with Crippen molar-refractivity contribution in [2.75, 3.05) is 0 Å². The highest BCUT2D eigenvalue weighted by Gasteiger charge is 1.95.